The molecule has 0 aromatic heterocycles. The van der Waals surface area contributed by atoms with Crippen LogP contribution in [0.15, 0.2) is 42.5 Å². The normalized spacial score (nSPS) is 19.5. The van der Waals surface area contributed by atoms with Gasteiger partial charge in [0, 0.05) is 43.8 Å². The summed E-state index contributed by atoms with van der Waals surface area (Å²) in [5.41, 5.74) is 1.36. The lowest BCUT2D eigenvalue weighted by atomic mass is 9.85. The minimum atomic E-state index is -1.52. The van der Waals surface area contributed by atoms with Gasteiger partial charge in [0.25, 0.3) is 5.91 Å². The second kappa shape index (κ2) is 9.59. The quantitative estimate of drug-likeness (QED) is 0.739. The molecule has 2 saturated heterocycles. The van der Waals surface area contributed by atoms with Crippen LogP contribution in [0.1, 0.15) is 46.3 Å². The van der Waals surface area contributed by atoms with Crippen LogP contribution >= 0.6 is 0 Å². The molecule has 2 aliphatic heterocycles. The minimum Gasteiger partial charge on any atom is -0.379 e. The highest BCUT2D eigenvalue weighted by molar-refractivity contribution is 5.97. The number of hydrogen-bond acceptors (Lipinski definition) is 4. The van der Waals surface area contributed by atoms with Gasteiger partial charge in [-0.25, -0.2) is 9.18 Å². The number of carbonyl (C=O) groups is 2. The van der Waals surface area contributed by atoms with Crippen molar-refractivity contribution in [1.82, 2.24) is 10.2 Å². The van der Waals surface area contributed by atoms with Crippen molar-refractivity contribution in [3.8, 4) is 6.07 Å². The monoisotopic (exact) mass is 450 g/mol. The Morgan fingerprint density at radius 2 is 1.91 bits per heavy atom. The number of aryl methyl sites for hydroxylation is 1. The molecule has 0 radical (unpaired) electrons. The number of amides is 3. The lowest BCUT2D eigenvalue weighted by Gasteiger charge is -2.37. The van der Waals surface area contributed by atoms with E-state index in [1.54, 1.807) is 47.4 Å². The molecule has 33 heavy (non-hydrogen) atoms. The third kappa shape index (κ3) is 5.15. The summed E-state index contributed by atoms with van der Waals surface area (Å²) in [5.74, 6) is -0.190. The van der Waals surface area contributed by atoms with Crippen molar-refractivity contribution in [3.63, 3.8) is 0 Å². The number of anilines is 1. The second-order valence-corrected chi connectivity index (χ2v) is 8.64. The number of benzene rings is 2. The summed E-state index contributed by atoms with van der Waals surface area (Å²) in [5, 5.41) is 14.6. The van der Waals surface area contributed by atoms with Crippen LogP contribution < -0.4 is 10.6 Å². The van der Waals surface area contributed by atoms with Crippen molar-refractivity contribution >= 4 is 17.6 Å². The second-order valence-electron chi connectivity index (χ2n) is 8.64. The topological polar surface area (TPSA) is 94.5 Å². The maximum atomic E-state index is 15.5. The van der Waals surface area contributed by atoms with E-state index in [9.17, 15) is 9.59 Å². The Hall–Kier alpha value is -3.44. The average Bonchev–Trinajstić information content (AvgIpc) is 3.33. The van der Waals surface area contributed by atoms with Gasteiger partial charge in [-0.15, -0.1) is 0 Å². The van der Waals surface area contributed by atoms with E-state index in [0.717, 1.165) is 12.0 Å². The lowest BCUT2D eigenvalue weighted by Crippen LogP contribution is -2.43. The van der Waals surface area contributed by atoms with Crippen LogP contribution in [-0.4, -0.2) is 49.2 Å². The molecule has 2 aliphatic rings. The van der Waals surface area contributed by atoms with Crippen LogP contribution in [0, 0.1) is 18.3 Å². The molecule has 0 spiro atoms. The fourth-order valence-corrected chi connectivity index (χ4v) is 4.26. The number of alkyl halides is 1. The molecule has 0 bridgehead atoms. The molecule has 3 amide bonds. The Kier molecular flexibility index (Phi) is 6.61. The maximum absolute atomic E-state index is 15.5. The summed E-state index contributed by atoms with van der Waals surface area (Å²) in [6.07, 6.45) is 1.15. The number of likely N-dealkylation sites (tertiary alicyclic amines) is 1. The third-order valence-electron chi connectivity index (χ3n) is 6.37. The highest BCUT2D eigenvalue weighted by atomic mass is 19.1. The van der Waals surface area contributed by atoms with Gasteiger partial charge in [0.1, 0.15) is 5.67 Å². The van der Waals surface area contributed by atoms with E-state index in [2.05, 4.69) is 10.6 Å². The van der Waals surface area contributed by atoms with Gasteiger partial charge in [0.2, 0.25) is 0 Å². The highest BCUT2D eigenvalue weighted by Gasteiger charge is 2.37. The maximum Gasteiger partial charge on any atom is 0.319 e. The molecule has 2 aromatic carbocycles. The van der Waals surface area contributed by atoms with E-state index in [-0.39, 0.29) is 43.9 Å². The van der Waals surface area contributed by atoms with E-state index >= 15 is 4.39 Å². The summed E-state index contributed by atoms with van der Waals surface area (Å²) in [7, 11) is 0. The third-order valence-corrected chi connectivity index (χ3v) is 6.37. The first kappa shape index (κ1) is 22.7. The molecule has 0 saturated carbocycles. The number of carbonyl (C=O) groups excluding carboxylic acids is 2. The van der Waals surface area contributed by atoms with Gasteiger partial charge >= 0.3 is 6.03 Å². The van der Waals surface area contributed by atoms with Gasteiger partial charge in [-0.1, -0.05) is 18.2 Å². The van der Waals surface area contributed by atoms with Crippen molar-refractivity contribution in [2.45, 2.75) is 37.9 Å². The standard InChI is InChI=1S/C25H27FN4O3/c1-17-2-5-19(14-22(17)29-24(32)28-21-8-13-33-16-21)23(31)30-11-9-25(26,10-12-30)20-6-3-18(15-27)4-7-20/h2-7,14,21H,8-13,16H2,1H3,(H2,28,29,32). The molecule has 172 valence electrons. The van der Waals surface area contributed by atoms with Crippen molar-refractivity contribution in [2.75, 3.05) is 31.6 Å². The smallest absolute Gasteiger partial charge is 0.319 e. The van der Waals surface area contributed by atoms with Gasteiger partial charge in [0.15, 0.2) is 0 Å². The Morgan fingerprint density at radius 3 is 2.55 bits per heavy atom. The number of hydrogen-bond donors (Lipinski definition) is 2. The van der Waals surface area contributed by atoms with E-state index in [0.29, 0.717) is 35.6 Å². The van der Waals surface area contributed by atoms with Crippen LogP contribution in [-0.2, 0) is 10.4 Å². The highest BCUT2D eigenvalue weighted by Crippen LogP contribution is 2.37. The molecule has 2 fully saturated rings. The molecule has 0 aliphatic carbocycles. The summed E-state index contributed by atoms with van der Waals surface area (Å²) >= 11 is 0. The Labute approximate surface area is 192 Å². The number of nitrogens with one attached hydrogen (secondary N) is 2. The van der Waals surface area contributed by atoms with E-state index in [4.69, 9.17) is 10.00 Å². The molecule has 1 unspecified atom stereocenters. The molecule has 2 aromatic rings. The van der Waals surface area contributed by atoms with Crippen LogP contribution in [0.3, 0.4) is 0 Å². The van der Waals surface area contributed by atoms with Crippen molar-refractivity contribution < 1.29 is 18.7 Å². The Bertz CT molecular complexity index is 1070. The van der Waals surface area contributed by atoms with Crippen LogP contribution in [0.4, 0.5) is 14.9 Å². The summed E-state index contributed by atoms with van der Waals surface area (Å²) < 4.78 is 20.8. The number of urea groups is 1. The van der Waals surface area contributed by atoms with E-state index < -0.39 is 5.67 Å². The zero-order valence-electron chi connectivity index (χ0n) is 18.6. The lowest BCUT2D eigenvalue weighted by molar-refractivity contribution is 0.0421. The van der Waals surface area contributed by atoms with E-state index in [1.165, 1.54) is 0 Å². The Balaban J connectivity index is 1.39. The summed E-state index contributed by atoms with van der Waals surface area (Å²) in [4.78, 5) is 27.0. The van der Waals surface area contributed by atoms with Crippen LogP contribution in [0.25, 0.3) is 0 Å². The van der Waals surface area contributed by atoms with Gasteiger partial charge in [-0.05, 0) is 48.7 Å². The van der Waals surface area contributed by atoms with Crippen LogP contribution in [0.5, 0.6) is 0 Å². The summed E-state index contributed by atoms with van der Waals surface area (Å²) in [6.45, 7) is 3.56. The van der Waals surface area contributed by atoms with Crippen molar-refractivity contribution in [1.29, 1.82) is 5.26 Å². The largest absolute Gasteiger partial charge is 0.379 e. The predicted molar refractivity (Wildman–Crippen MR) is 122 cm³/mol. The van der Waals surface area contributed by atoms with Gasteiger partial charge in [0.05, 0.1) is 24.3 Å². The molecular weight excluding hydrogens is 423 g/mol. The fourth-order valence-electron chi connectivity index (χ4n) is 4.26. The first-order valence-electron chi connectivity index (χ1n) is 11.1. The minimum absolute atomic E-state index is 0.0134. The number of ether oxygens (including phenoxy) is 1. The van der Waals surface area contributed by atoms with E-state index in [1.807, 2.05) is 13.0 Å². The first-order valence-corrected chi connectivity index (χ1v) is 11.1. The SMILES string of the molecule is Cc1ccc(C(=O)N2CCC(F)(c3ccc(C#N)cc3)CC2)cc1NC(=O)NC1CCOC1. The predicted octanol–water partition coefficient (Wildman–Crippen LogP) is 3.88. The number of rotatable bonds is 4. The van der Waals surface area contributed by atoms with Crippen LogP contribution in [0.2, 0.25) is 0 Å². The van der Waals surface area contributed by atoms with Crippen molar-refractivity contribution in [3.05, 3.63) is 64.7 Å². The zero-order valence-corrected chi connectivity index (χ0v) is 18.6. The average molecular weight is 451 g/mol. The number of piperidine rings is 1. The molecule has 4 rings (SSSR count). The molecule has 2 N–H and O–H groups in total. The first-order chi connectivity index (χ1) is 15.9. The number of nitriles is 1. The molecule has 2 heterocycles. The Morgan fingerprint density at radius 1 is 1.18 bits per heavy atom. The van der Waals surface area contributed by atoms with Crippen molar-refractivity contribution in [2.24, 2.45) is 0 Å². The summed E-state index contributed by atoms with van der Waals surface area (Å²) in [6, 6.07) is 13.4. The number of halogens is 1. The molecule has 8 heteroatoms. The number of nitrogens with zero attached hydrogens (tertiary/aromatic N) is 2. The zero-order chi connectivity index (χ0) is 23.4. The molecular formula is C25H27FN4O3. The van der Waals surface area contributed by atoms with Gasteiger partial charge < -0.3 is 20.3 Å². The van der Waals surface area contributed by atoms with Gasteiger partial charge in [-0.3, -0.25) is 4.79 Å². The molecule has 1 atom stereocenters. The van der Waals surface area contributed by atoms with Gasteiger partial charge in [-0.2, -0.15) is 5.26 Å². The fraction of sp³-hybridized carbons (Fsp3) is 0.400. The molecule has 7 nitrogen and oxygen atoms in total.